The zero-order chi connectivity index (χ0) is 19.1. The number of hydrogen-bond donors (Lipinski definition) is 2. The number of aromatic nitrogens is 2. The van der Waals surface area contributed by atoms with Gasteiger partial charge in [-0.15, -0.1) is 0 Å². The average Bonchev–Trinajstić information content (AvgIpc) is 3.55. The average molecular weight is 374 g/mol. The third-order valence-corrected chi connectivity index (χ3v) is 4.90. The van der Waals surface area contributed by atoms with E-state index in [9.17, 15) is 9.90 Å². The number of rotatable bonds is 4. The third kappa shape index (κ3) is 2.81. The molecule has 1 amide bonds. The molecular formula is C21H18N4O3. The van der Waals surface area contributed by atoms with Crippen LogP contribution in [0.2, 0.25) is 0 Å². The van der Waals surface area contributed by atoms with Gasteiger partial charge in [0.2, 0.25) is 0 Å². The molecule has 7 heteroatoms. The molecule has 0 spiro atoms. The van der Waals surface area contributed by atoms with E-state index in [0.717, 1.165) is 18.4 Å². The highest BCUT2D eigenvalue weighted by Gasteiger charge is 2.38. The number of fused-ring (bicyclic) bond motifs is 2. The maximum atomic E-state index is 12.9. The molecule has 0 bridgehead atoms. The van der Waals surface area contributed by atoms with E-state index in [-0.39, 0.29) is 24.3 Å². The molecule has 0 unspecified atom stereocenters. The highest BCUT2D eigenvalue weighted by Crippen LogP contribution is 2.44. The molecule has 1 aliphatic carbocycles. The summed E-state index contributed by atoms with van der Waals surface area (Å²) < 4.78 is 5.79. The lowest BCUT2D eigenvalue weighted by Crippen LogP contribution is -2.22. The summed E-state index contributed by atoms with van der Waals surface area (Å²) in [6, 6.07) is 12.4. The molecule has 0 atom stereocenters. The Morgan fingerprint density at radius 1 is 1.07 bits per heavy atom. The SMILES string of the molecule is O=C1Nc2c(COc3ccccc3O)ccnc2N(C2CC2)c2ncccc21. The molecule has 3 aromatic rings. The van der Waals surface area contributed by atoms with E-state index in [1.807, 2.05) is 11.0 Å². The summed E-state index contributed by atoms with van der Waals surface area (Å²) in [5, 5.41) is 12.9. The molecule has 2 aliphatic rings. The molecule has 1 fully saturated rings. The number of nitrogens with one attached hydrogen (secondary N) is 1. The van der Waals surface area contributed by atoms with Gasteiger partial charge in [0.1, 0.15) is 12.4 Å². The van der Waals surface area contributed by atoms with Crippen molar-refractivity contribution in [3.63, 3.8) is 0 Å². The van der Waals surface area contributed by atoms with Crippen molar-refractivity contribution in [3.8, 4) is 11.5 Å². The summed E-state index contributed by atoms with van der Waals surface area (Å²) in [4.78, 5) is 23.9. The number of anilines is 3. The van der Waals surface area contributed by atoms with E-state index in [1.54, 1.807) is 48.8 Å². The fraction of sp³-hybridized carbons (Fsp3) is 0.190. The summed E-state index contributed by atoms with van der Waals surface area (Å²) >= 11 is 0. The minimum Gasteiger partial charge on any atom is -0.504 e. The predicted molar refractivity (Wildman–Crippen MR) is 104 cm³/mol. The number of pyridine rings is 2. The number of para-hydroxylation sites is 2. The lowest BCUT2D eigenvalue weighted by Gasteiger charge is -2.24. The van der Waals surface area contributed by atoms with E-state index >= 15 is 0 Å². The van der Waals surface area contributed by atoms with Crippen LogP contribution in [-0.4, -0.2) is 27.0 Å². The Labute approximate surface area is 161 Å². The molecule has 3 heterocycles. The molecule has 2 N–H and O–H groups in total. The van der Waals surface area contributed by atoms with Crippen LogP contribution in [0.1, 0.15) is 28.8 Å². The first-order valence-corrected chi connectivity index (χ1v) is 9.16. The Morgan fingerprint density at radius 2 is 1.89 bits per heavy atom. The molecular weight excluding hydrogens is 356 g/mol. The molecule has 140 valence electrons. The van der Waals surface area contributed by atoms with Crippen molar-refractivity contribution < 1.29 is 14.6 Å². The van der Waals surface area contributed by atoms with Crippen LogP contribution in [0.5, 0.6) is 11.5 Å². The van der Waals surface area contributed by atoms with Crippen LogP contribution in [0, 0.1) is 0 Å². The number of hydrogen-bond acceptors (Lipinski definition) is 6. The van der Waals surface area contributed by atoms with E-state index in [4.69, 9.17) is 4.74 Å². The number of benzene rings is 1. The minimum atomic E-state index is -0.218. The van der Waals surface area contributed by atoms with Crippen molar-refractivity contribution >= 4 is 23.2 Å². The van der Waals surface area contributed by atoms with Crippen LogP contribution in [0.3, 0.4) is 0 Å². The smallest absolute Gasteiger partial charge is 0.259 e. The van der Waals surface area contributed by atoms with Crippen LogP contribution in [0.15, 0.2) is 54.9 Å². The van der Waals surface area contributed by atoms with Crippen molar-refractivity contribution in [2.75, 3.05) is 10.2 Å². The Balaban J connectivity index is 1.56. The van der Waals surface area contributed by atoms with Gasteiger partial charge in [0.15, 0.2) is 17.3 Å². The molecule has 1 saturated carbocycles. The second-order valence-corrected chi connectivity index (χ2v) is 6.85. The molecule has 5 rings (SSSR count). The van der Waals surface area contributed by atoms with Gasteiger partial charge in [-0.25, -0.2) is 9.97 Å². The Morgan fingerprint density at radius 3 is 2.71 bits per heavy atom. The van der Waals surface area contributed by atoms with Gasteiger partial charge in [-0.2, -0.15) is 0 Å². The topological polar surface area (TPSA) is 87.6 Å². The molecule has 7 nitrogen and oxygen atoms in total. The number of phenols is 1. The standard InChI is InChI=1S/C21H18N4O3/c26-16-5-1-2-6-17(16)28-12-13-9-11-23-20-18(13)24-21(27)15-4-3-10-22-19(15)25(20)14-7-8-14/h1-6,9-11,14,26H,7-8,12H2,(H,24,27). The summed E-state index contributed by atoms with van der Waals surface area (Å²) in [5.41, 5.74) is 1.92. The number of nitrogens with zero attached hydrogens (tertiary/aromatic N) is 3. The third-order valence-electron chi connectivity index (χ3n) is 4.90. The van der Waals surface area contributed by atoms with E-state index in [0.29, 0.717) is 28.6 Å². The lowest BCUT2D eigenvalue weighted by molar-refractivity contribution is 0.102. The van der Waals surface area contributed by atoms with Crippen molar-refractivity contribution in [2.45, 2.75) is 25.5 Å². The largest absolute Gasteiger partial charge is 0.504 e. The molecule has 0 saturated heterocycles. The van der Waals surface area contributed by atoms with Crippen LogP contribution in [-0.2, 0) is 6.61 Å². The number of carbonyl (C=O) groups excluding carboxylic acids is 1. The Bertz CT molecular complexity index is 1070. The summed E-state index contributed by atoms with van der Waals surface area (Å²) in [5.74, 6) is 1.54. The number of phenolic OH excluding ortho intramolecular Hbond substituents is 1. The molecule has 1 aliphatic heterocycles. The highest BCUT2D eigenvalue weighted by molar-refractivity contribution is 6.11. The van der Waals surface area contributed by atoms with Crippen molar-refractivity contribution in [1.82, 2.24) is 9.97 Å². The second-order valence-electron chi connectivity index (χ2n) is 6.85. The van der Waals surface area contributed by atoms with E-state index in [2.05, 4.69) is 15.3 Å². The lowest BCUT2D eigenvalue weighted by atomic mass is 10.2. The van der Waals surface area contributed by atoms with Crippen LogP contribution in [0.25, 0.3) is 0 Å². The second kappa shape index (κ2) is 6.53. The zero-order valence-electron chi connectivity index (χ0n) is 15.0. The quantitative estimate of drug-likeness (QED) is 0.725. The number of amides is 1. The van der Waals surface area contributed by atoms with Crippen molar-refractivity contribution in [2.24, 2.45) is 0 Å². The van der Waals surface area contributed by atoms with Crippen LogP contribution in [0.4, 0.5) is 17.3 Å². The number of ether oxygens (including phenoxy) is 1. The first-order valence-electron chi connectivity index (χ1n) is 9.16. The Kier molecular flexibility index (Phi) is 3.86. The predicted octanol–water partition coefficient (Wildman–Crippen LogP) is 3.63. The highest BCUT2D eigenvalue weighted by atomic mass is 16.5. The number of aromatic hydroxyl groups is 1. The van der Waals surface area contributed by atoms with Crippen LogP contribution >= 0.6 is 0 Å². The van der Waals surface area contributed by atoms with Gasteiger partial charge in [-0.05, 0) is 43.2 Å². The van der Waals surface area contributed by atoms with Crippen molar-refractivity contribution in [3.05, 3.63) is 66.0 Å². The summed E-state index contributed by atoms with van der Waals surface area (Å²) in [6.07, 6.45) is 5.46. The van der Waals surface area contributed by atoms with Crippen molar-refractivity contribution in [1.29, 1.82) is 0 Å². The summed E-state index contributed by atoms with van der Waals surface area (Å²) in [7, 11) is 0. The van der Waals surface area contributed by atoms with Gasteiger partial charge in [0.05, 0.1) is 11.3 Å². The molecule has 1 aromatic carbocycles. The minimum absolute atomic E-state index is 0.0721. The van der Waals surface area contributed by atoms with Gasteiger partial charge >= 0.3 is 0 Å². The van der Waals surface area contributed by atoms with Gasteiger partial charge < -0.3 is 20.1 Å². The fourth-order valence-electron chi connectivity index (χ4n) is 3.39. The van der Waals surface area contributed by atoms with E-state index in [1.165, 1.54) is 0 Å². The van der Waals surface area contributed by atoms with E-state index < -0.39 is 0 Å². The zero-order valence-corrected chi connectivity index (χ0v) is 15.0. The normalized spacial score (nSPS) is 15.3. The first-order chi connectivity index (χ1) is 13.7. The maximum absolute atomic E-state index is 12.9. The maximum Gasteiger partial charge on any atom is 0.259 e. The molecule has 0 radical (unpaired) electrons. The summed E-state index contributed by atoms with van der Waals surface area (Å²) in [6.45, 7) is 0.186. The number of carbonyl (C=O) groups is 1. The van der Waals surface area contributed by atoms with Gasteiger partial charge in [0, 0.05) is 24.0 Å². The monoisotopic (exact) mass is 374 g/mol. The van der Waals surface area contributed by atoms with Gasteiger partial charge in [0.25, 0.3) is 5.91 Å². The van der Waals surface area contributed by atoms with Gasteiger partial charge in [-0.3, -0.25) is 4.79 Å². The first kappa shape index (κ1) is 16.6. The fourth-order valence-corrected chi connectivity index (χ4v) is 3.39. The molecule has 2 aromatic heterocycles. The Hall–Kier alpha value is -3.61. The van der Waals surface area contributed by atoms with Crippen LogP contribution < -0.4 is 15.0 Å². The molecule has 28 heavy (non-hydrogen) atoms. The van der Waals surface area contributed by atoms with Gasteiger partial charge in [-0.1, -0.05) is 12.1 Å².